The molecule has 6 nitrogen and oxygen atoms in total. The molecule has 1 atom stereocenters. The molecule has 0 N–H and O–H groups in total. The summed E-state index contributed by atoms with van der Waals surface area (Å²) in [5.41, 5.74) is 0. The Kier molecular flexibility index (Phi) is 51.5. The van der Waals surface area contributed by atoms with Gasteiger partial charge in [0.1, 0.15) is 13.2 Å². The van der Waals surface area contributed by atoms with E-state index in [0.29, 0.717) is 19.3 Å². The lowest BCUT2D eigenvalue weighted by molar-refractivity contribution is -0.167. The Bertz CT molecular complexity index is 1500. The molecular formula is C62H98O6. The van der Waals surface area contributed by atoms with E-state index in [0.717, 1.165) is 89.9 Å². The van der Waals surface area contributed by atoms with E-state index >= 15 is 0 Å². The molecule has 0 fully saturated rings. The van der Waals surface area contributed by atoms with Crippen LogP contribution < -0.4 is 0 Å². The molecule has 0 heterocycles. The van der Waals surface area contributed by atoms with Crippen molar-refractivity contribution in [3.63, 3.8) is 0 Å². The zero-order valence-corrected chi connectivity index (χ0v) is 43.6. The molecule has 6 heteroatoms. The number of hydrogen-bond acceptors (Lipinski definition) is 6. The number of unbranched alkanes of at least 4 members (excludes halogenated alkanes) is 23. The third-order valence-electron chi connectivity index (χ3n) is 11.2. The molecule has 0 aliphatic heterocycles. The summed E-state index contributed by atoms with van der Waals surface area (Å²) in [6, 6.07) is 0. The van der Waals surface area contributed by atoms with E-state index in [2.05, 4.69) is 63.3 Å². The summed E-state index contributed by atoms with van der Waals surface area (Å²) in [6.45, 7) is 6.34. The summed E-state index contributed by atoms with van der Waals surface area (Å²) in [6.07, 6.45) is 77.1. The summed E-state index contributed by atoms with van der Waals surface area (Å²) in [7, 11) is 0. The van der Waals surface area contributed by atoms with Gasteiger partial charge in [-0.25, -0.2) is 0 Å². The third-order valence-corrected chi connectivity index (χ3v) is 11.2. The van der Waals surface area contributed by atoms with Gasteiger partial charge in [-0.1, -0.05) is 276 Å². The Morgan fingerprint density at radius 3 is 0.971 bits per heavy atom. The third kappa shape index (κ3) is 52.5. The molecule has 1 unspecified atom stereocenters. The maximum atomic E-state index is 12.8. The lowest BCUT2D eigenvalue weighted by atomic mass is 10.0. The molecular weight excluding hydrogens is 841 g/mol. The van der Waals surface area contributed by atoms with Crippen LogP contribution in [0.2, 0.25) is 0 Å². The average Bonchev–Trinajstić information content (AvgIpc) is 3.34. The minimum Gasteiger partial charge on any atom is -0.462 e. The highest BCUT2D eigenvalue weighted by molar-refractivity contribution is 5.71. The van der Waals surface area contributed by atoms with Crippen LogP contribution in [0.4, 0.5) is 0 Å². The van der Waals surface area contributed by atoms with E-state index in [4.69, 9.17) is 14.2 Å². The van der Waals surface area contributed by atoms with Crippen molar-refractivity contribution in [3.05, 3.63) is 134 Å². The van der Waals surface area contributed by atoms with Gasteiger partial charge in [-0.05, 0) is 57.8 Å². The maximum absolute atomic E-state index is 12.8. The summed E-state index contributed by atoms with van der Waals surface area (Å²) >= 11 is 0. The molecule has 0 aromatic carbocycles. The summed E-state index contributed by atoms with van der Waals surface area (Å²) < 4.78 is 16.8. The molecule has 0 bridgehead atoms. The predicted octanol–water partition coefficient (Wildman–Crippen LogP) is 18.3. The van der Waals surface area contributed by atoms with Gasteiger partial charge < -0.3 is 14.2 Å². The molecule has 0 spiro atoms. The van der Waals surface area contributed by atoms with Gasteiger partial charge in [-0.2, -0.15) is 0 Å². The number of carbonyl (C=O) groups excluding carboxylic acids is 3. The summed E-state index contributed by atoms with van der Waals surface area (Å²) in [5, 5.41) is 0. The van der Waals surface area contributed by atoms with E-state index in [-0.39, 0.29) is 37.5 Å². The topological polar surface area (TPSA) is 78.9 Å². The first-order valence-corrected chi connectivity index (χ1v) is 27.3. The second kappa shape index (κ2) is 55.1. The standard InChI is InChI=1S/C62H98O6/c1-4-7-10-13-16-19-22-25-28-30-32-34-37-40-43-46-49-52-55-61(64)67-58-59(57-66-60(63)54-51-48-45-42-39-36-33-27-24-21-18-15-12-9-6-3)68-62(65)56-53-50-47-44-41-38-35-31-29-26-23-20-17-14-11-8-5-2/h8,10-11,13-14,16-17,19-20,22-23,25-26,28-32,34-35,38,41,59H,4-7,9,12,15,18,21,24,27,33,36-37,39-40,42-58H2,1-3H3/b11-8-,13-10-,17-14-,19-16-,23-20-,25-22-,29-26-,30-28-,34-32-,35-31+,41-38-. The number of allylic oxidation sites excluding steroid dienone is 22. The normalized spacial score (nSPS) is 13.2. The van der Waals surface area contributed by atoms with Crippen molar-refractivity contribution in [2.24, 2.45) is 0 Å². The number of hydrogen-bond donors (Lipinski definition) is 0. The largest absolute Gasteiger partial charge is 0.462 e. The molecule has 0 aromatic heterocycles. The Morgan fingerprint density at radius 2 is 0.603 bits per heavy atom. The van der Waals surface area contributed by atoms with Crippen LogP contribution in [0, 0.1) is 0 Å². The number of ether oxygens (including phenoxy) is 3. The van der Waals surface area contributed by atoms with Crippen molar-refractivity contribution in [3.8, 4) is 0 Å². The average molecular weight is 939 g/mol. The van der Waals surface area contributed by atoms with Crippen molar-refractivity contribution in [2.75, 3.05) is 13.2 Å². The van der Waals surface area contributed by atoms with Gasteiger partial charge in [-0.3, -0.25) is 14.4 Å². The van der Waals surface area contributed by atoms with E-state index in [9.17, 15) is 14.4 Å². The molecule has 0 radical (unpaired) electrons. The molecule has 0 aliphatic carbocycles. The first-order valence-electron chi connectivity index (χ1n) is 27.3. The molecule has 382 valence electrons. The SMILES string of the molecule is CC\C=C/C=C\C=C/C=C\C=C\C=C/CCCCCC(=O)OC(COC(=O)CCCCCCC\C=C/C=C\C=C/C=C\C=C/CCC)COC(=O)CCCCCCCCCCCCCCCCC. The highest BCUT2D eigenvalue weighted by Crippen LogP contribution is 2.15. The lowest BCUT2D eigenvalue weighted by Gasteiger charge is -2.18. The smallest absolute Gasteiger partial charge is 0.306 e. The second-order valence-electron chi connectivity index (χ2n) is 17.7. The van der Waals surface area contributed by atoms with Gasteiger partial charge >= 0.3 is 17.9 Å². The van der Waals surface area contributed by atoms with Gasteiger partial charge in [0, 0.05) is 19.3 Å². The Morgan fingerprint density at radius 1 is 0.309 bits per heavy atom. The van der Waals surface area contributed by atoms with Crippen molar-refractivity contribution in [2.45, 2.75) is 226 Å². The lowest BCUT2D eigenvalue weighted by Crippen LogP contribution is -2.30. The summed E-state index contributed by atoms with van der Waals surface area (Å²) in [4.78, 5) is 38.1. The van der Waals surface area contributed by atoms with E-state index in [1.807, 2.05) is 91.1 Å². The van der Waals surface area contributed by atoms with Crippen LogP contribution in [0.1, 0.15) is 220 Å². The van der Waals surface area contributed by atoms with E-state index in [1.54, 1.807) is 0 Å². The van der Waals surface area contributed by atoms with Gasteiger partial charge in [0.25, 0.3) is 0 Å². The first-order chi connectivity index (χ1) is 33.5. The predicted molar refractivity (Wildman–Crippen MR) is 292 cm³/mol. The zero-order valence-electron chi connectivity index (χ0n) is 43.6. The van der Waals surface area contributed by atoms with Crippen molar-refractivity contribution < 1.29 is 28.6 Å². The maximum Gasteiger partial charge on any atom is 0.306 e. The Hall–Kier alpha value is -4.45. The van der Waals surface area contributed by atoms with Crippen LogP contribution in [0.5, 0.6) is 0 Å². The van der Waals surface area contributed by atoms with Gasteiger partial charge in [0.15, 0.2) is 6.10 Å². The summed E-state index contributed by atoms with van der Waals surface area (Å²) in [5.74, 6) is -0.982. The van der Waals surface area contributed by atoms with E-state index in [1.165, 1.54) is 83.5 Å². The molecule has 0 amide bonds. The quantitative estimate of drug-likeness (QED) is 0.0262. The second-order valence-corrected chi connectivity index (χ2v) is 17.7. The highest BCUT2D eigenvalue weighted by Gasteiger charge is 2.19. The van der Waals surface area contributed by atoms with Gasteiger partial charge in [0.2, 0.25) is 0 Å². The molecule has 0 aliphatic rings. The van der Waals surface area contributed by atoms with Crippen LogP contribution >= 0.6 is 0 Å². The monoisotopic (exact) mass is 939 g/mol. The highest BCUT2D eigenvalue weighted by atomic mass is 16.6. The number of carbonyl (C=O) groups is 3. The van der Waals surface area contributed by atoms with Crippen LogP contribution in [-0.4, -0.2) is 37.2 Å². The van der Waals surface area contributed by atoms with Crippen LogP contribution in [0.15, 0.2) is 134 Å². The molecule has 68 heavy (non-hydrogen) atoms. The van der Waals surface area contributed by atoms with Crippen molar-refractivity contribution in [1.29, 1.82) is 0 Å². The van der Waals surface area contributed by atoms with Crippen molar-refractivity contribution in [1.82, 2.24) is 0 Å². The Labute approximate surface area is 417 Å². The fourth-order valence-electron chi connectivity index (χ4n) is 7.09. The molecule has 0 saturated heterocycles. The van der Waals surface area contributed by atoms with Crippen molar-refractivity contribution >= 4 is 17.9 Å². The zero-order chi connectivity index (χ0) is 49.3. The fraction of sp³-hybridized carbons (Fsp3) is 0.597. The number of rotatable bonds is 47. The minimum absolute atomic E-state index is 0.108. The fourth-order valence-corrected chi connectivity index (χ4v) is 7.09. The van der Waals surface area contributed by atoms with Gasteiger partial charge in [0.05, 0.1) is 0 Å². The van der Waals surface area contributed by atoms with Crippen LogP contribution in [0.25, 0.3) is 0 Å². The van der Waals surface area contributed by atoms with Gasteiger partial charge in [-0.15, -0.1) is 0 Å². The van der Waals surface area contributed by atoms with Crippen LogP contribution in [-0.2, 0) is 28.6 Å². The van der Waals surface area contributed by atoms with Crippen LogP contribution in [0.3, 0.4) is 0 Å². The molecule has 0 rings (SSSR count). The molecule has 0 saturated carbocycles. The Balaban J connectivity index is 4.56. The molecule has 0 aromatic rings. The minimum atomic E-state index is -0.816. The van der Waals surface area contributed by atoms with E-state index < -0.39 is 6.10 Å². The first kappa shape index (κ1) is 63.6. The number of esters is 3.